The smallest absolute Gasteiger partial charge is 0.348 e. The maximum atomic E-state index is 10.7. The fourth-order valence-electron chi connectivity index (χ4n) is 0.708. The van der Waals surface area contributed by atoms with Gasteiger partial charge in [-0.05, 0) is 6.92 Å². The lowest BCUT2D eigenvalue weighted by atomic mass is 10.0. The van der Waals surface area contributed by atoms with E-state index >= 15 is 0 Å². The summed E-state index contributed by atoms with van der Waals surface area (Å²) >= 11 is 0. The summed E-state index contributed by atoms with van der Waals surface area (Å²) in [7, 11) is 0. The Bertz CT molecular complexity index is 282. The second-order valence-electron chi connectivity index (χ2n) is 2.73. The highest BCUT2D eigenvalue weighted by Gasteiger charge is 2.39. The van der Waals surface area contributed by atoms with Gasteiger partial charge in [0.15, 0.2) is 0 Å². The van der Waals surface area contributed by atoms with Crippen molar-refractivity contribution in [2.24, 2.45) is 0 Å². The van der Waals surface area contributed by atoms with Crippen molar-refractivity contribution in [2.45, 2.75) is 18.9 Å². The lowest BCUT2D eigenvalue weighted by Crippen LogP contribution is -2.42. The van der Waals surface area contributed by atoms with Crippen molar-refractivity contribution in [3.8, 4) is 0 Å². The molecule has 78 valence electrons. The van der Waals surface area contributed by atoms with E-state index in [0.29, 0.717) is 0 Å². The molecule has 14 heavy (non-hydrogen) atoms. The average Bonchev–Trinajstić information content (AvgIpc) is 2.02. The molecule has 6 nitrogen and oxygen atoms in total. The van der Waals surface area contributed by atoms with E-state index in [2.05, 4.69) is 11.3 Å². The highest BCUT2D eigenvalue weighted by atomic mass is 16.6. The molecule has 0 aliphatic rings. The van der Waals surface area contributed by atoms with Crippen LogP contribution in [0.25, 0.3) is 0 Å². The van der Waals surface area contributed by atoms with Gasteiger partial charge in [-0.1, -0.05) is 6.58 Å². The molecular formula is C8H10O6. The summed E-state index contributed by atoms with van der Waals surface area (Å²) in [6, 6.07) is 0. The lowest BCUT2D eigenvalue weighted by molar-refractivity contribution is -0.177. The van der Waals surface area contributed by atoms with Crippen LogP contribution in [0.3, 0.4) is 0 Å². The maximum Gasteiger partial charge on any atom is 0.348 e. The van der Waals surface area contributed by atoms with Gasteiger partial charge in [-0.3, -0.25) is 4.79 Å². The second kappa shape index (κ2) is 4.40. The molecule has 2 N–H and O–H groups in total. The highest BCUT2D eigenvalue weighted by molar-refractivity contribution is 5.89. The van der Waals surface area contributed by atoms with Gasteiger partial charge >= 0.3 is 17.9 Å². The first-order chi connectivity index (χ1) is 6.31. The largest absolute Gasteiger partial charge is 0.481 e. The molecule has 1 unspecified atom stereocenters. The summed E-state index contributed by atoms with van der Waals surface area (Å²) in [5.41, 5.74) is -2.06. The number of carbonyl (C=O) groups excluding carboxylic acids is 1. The van der Waals surface area contributed by atoms with E-state index < -0.39 is 29.9 Å². The van der Waals surface area contributed by atoms with Crippen molar-refractivity contribution in [3.63, 3.8) is 0 Å². The molecule has 0 rings (SSSR count). The Morgan fingerprint density at radius 1 is 1.43 bits per heavy atom. The van der Waals surface area contributed by atoms with Crippen LogP contribution in [0.2, 0.25) is 0 Å². The molecule has 0 aromatic heterocycles. The van der Waals surface area contributed by atoms with Crippen LogP contribution in [-0.4, -0.2) is 33.7 Å². The van der Waals surface area contributed by atoms with E-state index in [0.717, 1.165) is 13.0 Å². The molecule has 0 aliphatic carbocycles. The van der Waals surface area contributed by atoms with Gasteiger partial charge in [-0.2, -0.15) is 0 Å². The summed E-state index contributed by atoms with van der Waals surface area (Å²) in [5.74, 6) is -3.86. The first kappa shape index (κ1) is 12.2. The van der Waals surface area contributed by atoms with Gasteiger partial charge in [-0.25, -0.2) is 9.59 Å². The minimum atomic E-state index is -2.06. The Kier molecular flexibility index (Phi) is 3.82. The van der Waals surface area contributed by atoms with E-state index in [1.165, 1.54) is 0 Å². The number of esters is 1. The molecule has 1 atom stereocenters. The number of rotatable bonds is 5. The number of ether oxygens (including phenoxy) is 1. The molecule has 0 saturated carbocycles. The van der Waals surface area contributed by atoms with Crippen molar-refractivity contribution in [3.05, 3.63) is 12.7 Å². The minimum Gasteiger partial charge on any atom is -0.481 e. The Balaban J connectivity index is 4.71. The van der Waals surface area contributed by atoms with E-state index in [1.807, 2.05) is 0 Å². The SMILES string of the molecule is C=CC(=O)OC(C)(CC(=O)O)C(=O)O. The first-order valence-corrected chi connectivity index (χ1v) is 3.62. The van der Waals surface area contributed by atoms with Gasteiger partial charge in [0.1, 0.15) is 0 Å². The van der Waals surface area contributed by atoms with E-state index in [4.69, 9.17) is 10.2 Å². The third-order valence-corrected chi connectivity index (χ3v) is 1.43. The monoisotopic (exact) mass is 202 g/mol. The maximum absolute atomic E-state index is 10.7. The van der Waals surface area contributed by atoms with Crippen LogP contribution < -0.4 is 0 Å². The van der Waals surface area contributed by atoms with Crippen molar-refractivity contribution >= 4 is 17.9 Å². The molecular weight excluding hydrogens is 192 g/mol. The molecule has 0 fully saturated rings. The van der Waals surface area contributed by atoms with E-state index in [-0.39, 0.29) is 0 Å². The van der Waals surface area contributed by atoms with Gasteiger partial charge in [0.05, 0.1) is 6.42 Å². The average molecular weight is 202 g/mol. The Morgan fingerprint density at radius 2 is 1.93 bits per heavy atom. The summed E-state index contributed by atoms with van der Waals surface area (Å²) in [5, 5.41) is 17.1. The number of carboxylic acid groups (broad SMARTS) is 2. The summed E-state index contributed by atoms with van der Waals surface area (Å²) in [4.78, 5) is 31.7. The van der Waals surface area contributed by atoms with Crippen molar-refractivity contribution in [1.29, 1.82) is 0 Å². The van der Waals surface area contributed by atoms with Gasteiger partial charge in [0.2, 0.25) is 5.60 Å². The third-order valence-electron chi connectivity index (χ3n) is 1.43. The van der Waals surface area contributed by atoms with Crippen LogP contribution in [0.1, 0.15) is 13.3 Å². The molecule has 0 aliphatic heterocycles. The molecule has 0 amide bonds. The third kappa shape index (κ3) is 3.26. The predicted octanol–water partition coefficient (Wildman–Crippen LogP) is 0.0336. The van der Waals surface area contributed by atoms with Crippen LogP contribution in [0, 0.1) is 0 Å². The first-order valence-electron chi connectivity index (χ1n) is 3.62. The number of carboxylic acids is 2. The Labute approximate surface area is 79.8 Å². The van der Waals surface area contributed by atoms with Crippen LogP contribution in [0.4, 0.5) is 0 Å². The predicted molar refractivity (Wildman–Crippen MR) is 44.6 cm³/mol. The second-order valence-corrected chi connectivity index (χ2v) is 2.73. The summed E-state index contributed by atoms with van der Waals surface area (Å²) in [6.07, 6.45) is -0.0368. The fraction of sp³-hybridized carbons (Fsp3) is 0.375. The van der Waals surface area contributed by atoms with Gasteiger partial charge < -0.3 is 14.9 Å². The fourth-order valence-corrected chi connectivity index (χ4v) is 0.708. The van der Waals surface area contributed by atoms with Crippen LogP contribution in [0.5, 0.6) is 0 Å². The highest BCUT2D eigenvalue weighted by Crippen LogP contribution is 2.16. The normalized spacial score (nSPS) is 13.8. The zero-order chi connectivity index (χ0) is 11.4. The summed E-state index contributed by atoms with van der Waals surface area (Å²) < 4.78 is 4.42. The molecule has 0 saturated heterocycles. The zero-order valence-corrected chi connectivity index (χ0v) is 7.52. The van der Waals surface area contributed by atoms with Gasteiger partial charge in [0.25, 0.3) is 0 Å². The van der Waals surface area contributed by atoms with Crippen LogP contribution in [-0.2, 0) is 19.1 Å². The van der Waals surface area contributed by atoms with Crippen LogP contribution >= 0.6 is 0 Å². The number of carbonyl (C=O) groups is 3. The van der Waals surface area contributed by atoms with Gasteiger partial charge in [-0.15, -0.1) is 0 Å². The van der Waals surface area contributed by atoms with Crippen molar-refractivity contribution in [1.82, 2.24) is 0 Å². The standard InChI is InChI=1S/C8H10O6/c1-3-6(11)14-8(2,7(12)13)4-5(9)10/h3H,1,4H2,2H3,(H,9,10)(H,12,13). The Morgan fingerprint density at radius 3 is 2.21 bits per heavy atom. The molecule has 6 heteroatoms. The number of aliphatic carboxylic acids is 2. The molecule has 0 heterocycles. The van der Waals surface area contributed by atoms with Crippen molar-refractivity contribution < 1.29 is 29.3 Å². The molecule has 0 bridgehead atoms. The zero-order valence-electron chi connectivity index (χ0n) is 7.52. The van der Waals surface area contributed by atoms with Crippen molar-refractivity contribution in [2.75, 3.05) is 0 Å². The minimum absolute atomic E-state index is 0.767. The molecule has 0 aromatic carbocycles. The van der Waals surface area contributed by atoms with E-state index in [1.54, 1.807) is 0 Å². The summed E-state index contributed by atoms with van der Waals surface area (Å²) in [6.45, 7) is 4.07. The number of hydrogen-bond donors (Lipinski definition) is 2. The van der Waals surface area contributed by atoms with Gasteiger partial charge in [0, 0.05) is 6.08 Å². The molecule has 0 aromatic rings. The van der Waals surface area contributed by atoms with E-state index in [9.17, 15) is 14.4 Å². The Hall–Kier alpha value is -1.85. The van der Waals surface area contributed by atoms with Crippen LogP contribution in [0.15, 0.2) is 12.7 Å². The molecule has 0 radical (unpaired) electrons. The number of hydrogen-bond acceptors (Lipinski definition) is 4. The quantitative estimate of drug-likeness (QED) is 0.482. The lowest BCUT2D eigenvalue weighted by Gasteiger charge is -2.22. The topological polar surface area (TPSA) is 101 Å². The molecule has 0 spiro atoms.